The Kier molecular flexibility index (Phi) is 5.83. The van der Waals surface area contributed by atoms with Gasteiger partial charge in [-0.15, -0.1) is 0 Å². The molecule has 1 rings (SSSR count). The Labute approximate surface area is 124 Å². The summed E-state index contributed by atoms with van der Waals surface area (Å²) in [5, 5.41) is 26.6. The number of aliphatic hydroxyl groups is 1. The minimum absolute atomic E-state index is 0.0202. The summed E-state index contributed by atoms with van der Waals surface area (Å²) in [6.07, 6.45) is 1.13. The van der Waals surface area contributed by atoms with Gasteiger partial charge in [-0.3, -0.25) is 10.1 Å². The molecule has 1 aromatic rings. The van der Waals surface area contributed by atoms with Gasteiger partial charge in [-0.25, -0.2) is 4.98 Å². The van der Waals surface area contributed by atoms with Crippen molar-refractivity contribution in [3.05, 3.63) is 16.3 Å². The van der Waals surface area contributed by atoms with Crippen LogP contribution in [-0.4, -0.2) is 39.2 Å². The fourth-order valence-electron chi connectivity index (χ4n) is 1.88. The molecule has 0 aliphatic heterocycles. The van der Waals surface area contributed by atoms with Gasteiger partial charge in [0.2, 0.25) is 11.8 Å². The lowest BCUT2D eigenvalue weighted by Crippen LogP contribution is -2.25. The minimum atomic E-state index is -0.609. The molecular weight excluding hydrogens is 274 g/mol. The first kappa shape index (κ1) is 17.1. The number of nitrogens with one attached hydrogen (secondary N) is 2. The number of rotatable bonds is 7. The van der Waals surface area contributed by atoms with Crippen LogP contribution in [-0.2, 0) is 0 Å². The molecule has 3 N–H and O–H groups in total. The Hall–Kier alpha value is -1.96. The number of hydrogen-bond donors (Lipinski definition) is 3. The molecule has 1 aromatic heterocycles. The van der Waals surface area contributed by atoms with Crippen LogP contribution in [0.25, 0.3) is 0 Å². The highest BCUT2D eigenvalue weighted by atomic mass is 16.6. The van der Waals surface area contributed by atoms with E-state index >= 15 is 0 Å². The van der Waals surface area contributed by atoms with E-state index in [-0.39, 0.29) is 23.5 Å². The summed E-state index contributed by atoms with van der Waals surface area (Å²) in [6, 6.07) is 0. The highest BCUT2D eigenvalue weighted by molar-refractivity contribution is 5.56. The molecule has 0 spiro atoms. The van der Waals surface area contributed by atoms with E-state index in [0.29, 0.717) is 18.9 Å². The highest BCUT2D eigenvalue weighted by Gasteiger charge is 2.20. The third kappa shape index (κ3) is 5.90. The summed E-state index contributed by atoms with van der Waals surface area (Å²) in [6.45, 7) is 8.75. The fourth-order valence-corrected chi connectivity index (χ4v) is 1.88. The summed E-state index contributed by atoms with van der Waals surface area (Å²) in [5.74, 6) is 0.426. The maximum absolute atomic E-state index is 11.0. The molecule has 0 aliphatic rings. The Morgan fingerprint density at radius 2 is 2.10 bits per heavy atom. The summed E-state index contributed by atoms with van der Waals surface area (Å²) >= 11 is 0. The van der Waals surface area contributed by atoms with Gasteiger partial charge in [0.1, 0.15) is 6.20 Å². The summed E-state index contributed by atoms with van der Waals surface area (Å²) in [4.78, 5) is 18.4. The number of anilines is 2. The van der Waals surface area contributed by atoms with E-state index in [9.17, 15) is 15.2 Å². The van der Waals surface area contributed by atoms with Crippen molar-refractivity contribution >= 4 is 17.5 Å². The quantitative estimate of drug-likeness (QED) is 0.521. The zero-order chi connectivity index (χ0) is 16.0. The molecule has 118 valence electrons. The molecule has 0 fully saturated rings. The second kappa shape index (κ2) is 7.16. The third-order valence-corrected chi connectivity index (χ3v) is 2.65. The fraction of sp³-hybridized carbons (Fsp3) is 0.692. The van der Waals surface area contributed by atoms with Crippen molar-refractivity contribution in [3.63, 3.8) is 0 Å². The molecule has 0 saturated carbocycles. The number of nitrogens with zero attached hydrogens (tertiary/aromatic N) is 3. The van der Waals surface area contributed by atoms with Crippen LogP contribution in [0.1, 0.15) is 34.1 Å². The van der Waals surface area contributed by atoms with Crippen molar-refractivity contribution < 1.29 is 10.0 Å². The van der Waals surface area contributed by atoms with E-state index in [1.165, 1.54) is 0 Å². The lowest BCUT2D eigenvalue weighted by molar-refractivity contribution is -0.384. The highest BCUT2D eigenvalue weighted by Crippen LogP contribution is 2.24. The van der Waals surface area contributed by atoms with E-state index in [1.54, 1.807) is 0 Å². The molecule has 21 heavy (non-hydrogen) atoms. The van der Waals surface area contributed by atoms with Crippen molar-refractivity contribution in [2.24, 2.45) is 5.41 Å². The molecule has 0 saturated heterocycles. The first-order chi connectivity index (χ1) is 9.73. The predicted molar refractivity (Wildman–Crippen MR) is 81.4 cm³/mol. The minimum Gasteiger partial charge on any atom is -0.391 e. The molecular formula is C13H23N5O3. The van der Waals surface area contributed by atoms with Gasteiger partial charge >= 0.3 is 5.69 Å². The number of hydrogen-bond acceptors (Lipinski definition) is 7. The topological polar surface area (TPSA) is 113 Å². The second-order valence-electron chi connectivity index (χ2n) is 6.01. The van der Waals surface area contributed by atoms with Gasteiger partial charge in [-0.1, -0.05) is 20.8 Å². The lowest BCUT2D eigenvalue weighted by atomic mass is 9.89. The monoisotopic (exact) mass is 297 g/mol. The van der Waals surface area contributed by atoms with Crippen LogP contribution in [0.4, 0.5) is 17.5 Å². The molecule has 8 heteroatoms. The summed E-state index contributed by atoms with van der Waals surface area (Å²) in [5.41, 5.74) is -0.229. The Morgan fingerprint density at radius 1 is 1.43 bits per heavy atom. The zero-order valence-electron chi connectivity index (χ0n) is 12.9. The van der Waals surface area contributed by atoms with Gasteiger partial charge in [0.15, 0.2) is 0 Å². The van der Waals surface area contributed by atoms with Gasteiger partial charge in [0.05, 0.1) is 11.0 Å². The van der Waals surface area contributed by atoms with Crippen LogP contribution in [0.3, 0.4) is 0 Å². The average Bonchev–Trinajstić information content (AvgIpc) is 2.34. The van der Waals surface area contributed by atoms with E-state index in [4.69, 9.17) is 0 Å². The molecule has 1 atom stereocenters. The van der Waals surface area contributed by atoms with Gasteiger partial charge < -0.3 is 15.7 Å². The third-order valence-electron chi connectivity index (χ3n) is 2.65. The van der Waals surface area contributed by atoms with Gasteiger partial charge in [0.25, 0.3) is 0 Å². The van der Waals surface area contributed by atoms with Crippen LogP contribution in [0.2, 0.25) is 0 Å². The Balaban J connectivity index is 2.79. The van der Waals surface area contributed by atoms with Gasteiger partial charge in [-0.2, -0.15) is 4.98 Å². The van der Waals surface area contributed by atoms with Crippen LogP contribution in [0, 0.1) is 15.5 Å². The van der Waals surface area contributed by atoms with Crippen LogP contribution < -0.4 is 10.6 Å². The second-order valence-corrected chi connectivity index (χ2v) is 6.01. The number of nitro groups is 1. The van der Waals surface area contributed by atoms with Crippen LogP contribution >= 0.6 is 0 Å². The van der Waals surface area contributed by atoms with Crippen LogP contribution in [0.5, 0.6) is 0 Å². The summed E-state index contributed by atoms with van der Waals surface area (Å²) < 4.78 is 0. The average molecular weight is 297 g/mol. The smallest absolute Gasteiger partial charge is 0.329 e. The number of aliphatic hydroxyl groups excluding tert-OH is 1. The Bertz CT molecular complexity index is 487. The van der Waals surface area contributed by atoms with E-state index < -0.39 is 11.0 Å². The van der Waals surface area contributed by atoms with Gasteiger partial charge in [-0.05, 0) is 18.8 Å². The largest absolute Gasteiger partial charge is 0.391 e. The molecule has 8 nitrogen and oxygen atoms in total. The van der Waals surface area contributed by atoms with Crippen molar-refractivity contribution in [1.82, 2.24) is 9.97 Å². The van der Waals surface area contributed by atoms with E-state index in [0.717, 1.165) is 6.20 Å². The standard InChI is InChI=1S/C13H23N5O3/c1-5-14-12-16-8-10(18(20)21)11(17-12)15-7-9(19)6-13(2,3)4/h8-9,19H,5-7H2,1-4H3,(H2,14,15,16,17). The Morgan fingerprint density at radius 3 is 2.62 bits per heavy atom. The van der Waals surface area contributed by atoms with Crippen molar-refractivity contribution in [2.45, 2.75) is 40.2 Å². The van der Waals surface area contributed by atoms with Crippen molar-refractivity contribution in [2.75, 3.05) is 23.7 Å². The van der Waals surface area contributed by atoms with Crippen LogP contribution in [0.15, 0.2) is 6.20 Å². The van der Waals surface area contributed by atoms with E-state index in [1.807, 2.05) is 27.7 Å². The maximum atomic E-state index is 11.0. The lowest BCUT2D eigenvalue weighted by Gasteiger charge is -2.22. The van der Waals surface area contributed by atoms with Crippen molar-refractivity contribution in [1.29, 1.82) is 0 Å². The summed E-state index contributed by atoms with van der Waals surface area (Å²) in [7, 11) is 0. The normalized spacial score (nSPS) is 12.8. The molecule has 0 aliphatic carbocycles. The molecule has 1 heterocycles. The molecule has 1 unspecified atom stereocenters. The zero-order valence-corrected chi connectivity index (χ0v) is 12.9. The molecule has 0 bridgehead atoms. The van der Waals surface area contributed by atoms with E-state index in [2.05, 4.69) is 20.6 Å². The SMILES string of the molecule is CCNc1ncc([N+](=O)[O-])c(NCC(O)CC(C)(C)C)n1. The number of aromatic nitrogens is 2. The van der Waals surface area contributed by atoms with Gasteiger partial charge in [0, 0.05) is 13.1 Å². The predicted octanol–water partition coefficient (Wildman–Crippen LogP) is 2.03. The molecule has 0 aromatic carbocycles. The first-order valence-electron chi connectivity index (χ1n) is 6.90. The van der Waals surface area contributed by atoms with Crippen molar-refractivity contribution in [3.8, 4) is 0 Å². The molecule has 0 amide bonds. The first-order valence-corrected chi connectivity index (χ1v) is 6.90. The maximum Gasteiger partial charge on any atom is 0.329 e. The molecule has 0 radical (unpaired) electrons.